The summed E-state index contributed by atoms with van der Waals surface area (Å²) in [7, 11) is 3.27. The van der Waals surface area contributed by atoms with Crippen LogP contribution in [0.25, 0.3) is 11.0 Å². The van der Waals surface area contributed by atoms with Gasteiger partial charge in [-0.25, -0.2) is 4.98 Å². The van der Waals surface area contributed by atoms with E-state index in [9.17, 15) is 14.4 Å². The maximum absolute atomic E-state index is 12.8. The first kappa shape index (κ1) is 24.2. The fourth-order valence-corrected chi connectivity index (χ4v) is 3.21. The highest BCUT2D eigenvalue weighted by atomic mass is 35.5. The van der Waals surface area contributed by atoms with Crippen LogP contribution in [0.2, 0.25) is 5.02 Å². The number of fused-ring (bicyclic) bond motifs is 1. The van der Waals surface area contributed by atoms with Crippen molar-refractivity contribution in [1.82, 2.24) is 9.88 Å². The van der Waals surface area contributed by atoms with E-state index in [1.54, 1.807) is 55.5 Å². The highest BCUT2D eigenvalue weighted by Gasteiger charge is 2.23. The lowest BCUT2D eigenvalue weighted by atomic mass is 10.2. The number of carbonyl (C=O) groups is 3. The molecule has 0 saturated heterocycles. The van der Waals surface area contributed by atoms with Crippen LogP contribution in [0, 0.1) is 0 Å². The number of ether oxygens (including phenoxy) is 1. The van der Waals surface area contributed by atoms with Crippen molar-refractivity contribution in [2.75, 3.05) is 37.9 Å². The van der Waals surface area contributed by atoms with Crippen molar-refractivity contribution in [3.05, 3.63) is 53.4 Å². The van der Waals surface area contributed by atoms with Crippen LogP contribution >= 0.6 is 11.6 Å². The molecule has 0 bridgehead atoms. The van der Waals surface area contributed by atoms with Gasteiger partial charge in [-0.15, -0.1) is 0 Å². The average Bonchev–Trinajstić information content (AvgIpc) is 3.17. The summed E-state index contributed by atoms with van der Waals surface area (Å²) in [6, 6.07) is 10.2. The van der Waals surface area contributed by atoms with Gasteiger partial charge in [0.25, 0.3) is 5.91 Å². The third-order valence-corrected chi connectivity index (χ3v) is 5.11. The van der Waals surface area contributed by atoms with Crippen LogP contribution in [0.3, 0.4) is 0 Å². The summed E-state index contributed by atoms with van der Waals surface area (Å²) >= 11 is 5.83. The van der Waals surface area contributed by atoms with Crippen LogP contribution in [-0.4, -0.2) is 54.9 Å². The number of benzene rings is 1. The Bertz CT molecular complexity index is 1130. The number of furan rings is 1. The number of hydrogen-bond donors (Lipinski definition) is 2. The Morgan fingerprint density at radius 3 is 2.64 bits per heavy atom. The van der Waals surface area contributed by atoms with Gasteiger partial charge in [0, 0.05) is 45.1 Å². The molecule has 0 aliphatic rings. The summed E-state index contributed by atoms with van der Waals surface area (Å²) in [5, 5.41) is 6.43. The number of carbonyl (C=O) groups excluding carboxylic acids is 3. The maximum Gasteiger partial charge on any atom is 0.294 e. The number of para-hydroxylation sites is 1. The van der Waals surface area contributed by atoms with Gasteiger partial charge in [-0.3, -0.25) is 14.4 Å². The highest BCUT2D eigenvalue weighted by molar-refractivity contribution is 6.30. The zero-order valence-corrected chi connectivity index (χ0v) is 19.1. The minimum atomic E-state index is -0.564. The Hall–Kier alpha value is -3.43. The van der Waals surface area contributed by atoms with Crippen molar-refractivity contribution in [1.29, 1.82) is 0 Å². The van der Waals surface area contributed by atoms with Crippen LogP contribution in [0.4, 0.5) is 11.5 Å². The number of amides is 3. The summed E-state index contributed by atoms with van der Waals surface area (Å²) < 4.78 is 10.7. The second kappa shape index (κ2) is 11.4. The molecule has 0 radical (unpaired) electrons. The van der Waals surface area contributed by atoms with Crippen molar-refractivity contribution in [2.24, 2.45) is 0 Å². The van der Waals surface area contributed by atoms with E-state index < -0.39 is 5.91 Å². The average molecular weight is 473 g/mol. The highest BCUT2D eigenvalue weighted by Crippen LogP contribution is 2.31. The van der Waals surface area contributed by atoms with Crippen molar-refractivity contribution < 1.29 is 23.5 Å². The summed E-state index contributed by atoms with van der Waals surface area (Å²) in [5.74, 6) is -0.710. The smallest absolute Gasteiger partial charge is 0.294 e. The van der Waals surface area contributed by atoms with E-state index in [1.807, 2.05) is 0 Å². The summed E-state index contributed by atoms with van der Waals surface area (Å²) in [6.45, 7) is 0.941. The van der Waals surface area contributed by atoms with Crippen LogP contribution in [0.1, 0.15) is 29.8 Å². The molecule has 9 nitrogen and oxygen atoms in total. The molecule has 3 rings (SSSR count). The molecule has 3 aromatic rings. The molecule has 0 saturated carbocycles. The van der Waals surface area contributed by atoms with E-state index in [1.165, 1.54) is 6.20 Å². The number of aromatic nitrogens is 1. The molecule has 33 heavy (non-hydrogen) atoms. The summed E-state index contributed by atoms with van der Waals surface area (Å²) in [5.41, 5.74) is 0.725. The number of likely N-dealkylation sites (N-methyl/N-ethyl adjacent to an activating group) is 1. The summed E-state index contributed by atoms with van der Waals surface area (Å²) in [6.07, 6.45) is 2.12. The number of nitrogens with one attached hydrogen (secondary N) is 2. The first-order valence-corrected chi connectivity index (χ1v) is 10.7. The Morgan fingerprint density at radius 2 is 1.91 bits per heavy atom. The van der Waals surface area contributed by atoms with Crippen LogP contribution < -0.4 is 10.6 Å². The Balaban J connectivity index is 1.67. The van der Waals surface area contributed by atoms with Crippen LogP contribution in [-0.2, 0) is 14.3 Å². The van der Waals surface area contributed by atoms with E-state index >= 15 is 0 Å². The molecule has 2 heterocycles. The minimum absolute atomic E-state index is 0.0447. The van der Waals surface area contributed by atoms with Crippen molar-refractivity contribution in [3.8, 4) is 0 Å². The lowest BCUT2D eigenvalue weighted by molar-refractivity contribution is -0.130. The first-order chi connectivity index (χ1) is 15.9. The molecule has 0 spiro atoms. The molecular weight excluding hydrogens is 448 g/mol. The van der Waals surface area contributed by atoms with E-state index in [0.717, 1.165) is 0 Å². The predicted molar refractivity (Wildman–Crippen MR) is 125 cm³/mol. The molecule has 1 aromatic carbocycles. The standard InChI is InChI=1S/C23H25ClN4O5/c1-28(12-13-32-2)20(30)9-5-8-19(29)27-21-16-6-3-4-7-17(16)33-22(21)23(31)26-18-11-10-15(24)14-25-18/h3-4,6-7,10-11,14H,5,8-9,12-13H2,1-2H3,(H,27,29)(H,25,26,31). The molecule has 0 unspecified atom stereocenters. The Kier molecular flexibility index (Phi) is 8.39. The van der Waals surface area contributed by atoms with E-state index in [0.29, 0.717) is 41.4 Å². The number of hydrogen-bond acceptors (Lipinski definition) is 6. The third kappa shape index (κ3) is 6.53. The molecule has 0 fully saturated rings. The number of anilines is 2. The molecule has 2 N–H and O–H groups in total. The zero-order chi connectivity index (χ0) is 23.8. The first-order valence-electron chi connectivity index (χ1n) is 10.4. The molecule has 0 aliphatic carbocycles. The van der Waals surface area contributed by atoms with Gasteiger partial charge in [-0.1, -0.05) is 23.7 Å². The second-order valence-electron chi connectivity index (χ2n) is 7.33. The molecule has 174 valence electrons. The van der Waals surface area contributed by atoms with Gasteiger partial charge in [0.05, 0.1) is 11.6 Å². The third-order valence-electron chi connectivity index (χ3n) is 4.89. The SMILES string of the molecule is COCCN(C)C(=O)CCCC(=O)Nc1c(C(=O)Nc2ccc(Cl)cn2)oc2ccccc12. The molecule has 0 atom stereocenters. The van der Waals surface area contributed by atoms with Gasteiger partial charge in [0.15, 0.2) is 0 Å². The molecule has 2 aromatic heterocycles. The number of nitrogens with zero attached hydrogens (tertiary/aromatic N) is 2. The van der Waals surface area contributed by atoms with Gasteiger partial charge in [0.2, 0.25) is 17.6 Å². The number of methoxy groups -OCH3 is 1. The largest absolute Gasteiger partial charge is 0.449 e. The van der Waals surface area contributed by atoms with Gasteiger partial charge in [-0.05, 0) is 30.7 Å². The van der Waals surface area contributed by atoms with E-state index in [2.05, 4.69) is 15.6 Å². The van der Waals surface area contributed by atoms with E-state index in [-0.39, 0.29) is 36.1 Å². The fourth-order valence-electron chi connectivity index (χ4n) is 3.10. The minimum Gasteiger partial charge on any atom is -0.449 e. The Labute approximate surface area is 196 Å². The summed E-state index contributed by atoms with van der Waals surface area (Å²) in [4.78, 5) is 43.2. The predicted octanol–water partition coefficient (Wildman–Crippen LogP) is 3.95. The van der Waals surface area contributed by atoms with Crippen molar-refractivity contribution in [3.63, 3.8) is 0 Å². The molecule has 3 amide bonds. The molecule has 10 heteroatoms. The van der Waals surface area contributed by atoms with E-state index in [4.69, 9.17) is 20.8 Å². The van der Waals surface area contributed by atoms with Crippen molar-refractivity contribution >= 4 is 51.8 Å². The molecule has 0 aliphatic heterocycles. The number of halogens is 1. The monoisotopic (exact) mass is 472 g/mol. The van der Waals surface area contributed by atoms with Crippen LogP contribution in [0.5, 0.6) is 0 Å². The van der Waals surface area contributed by atoms with Crippen molar-refractivity contribution in [2.45, 2.75) is 19.3 Å². The quantitative estimate of drug-likeness (QED) is 0.462. The Morgan fingerprint density at radius 1 is 1.12 bits per heavy atom. The van der Waals surface area contributed by atoms with Gasteiger partial charge in [-0.2, -0.15) is 0 Å². The maximum atomic E-state index is 12.8. The fraction of sp³-hybridized carbons (Fsp3) is 0.304. The molecular formula is C23H25ClN4O5. The van der Waals surface area contributed by atoms with Gasteiger partial charge in [0.1, 0.15) is 17.1 Å². The second-order valence-corrected chi connectivity index (χ2v) is 7.76. The van der Waals surface area contributed by atoms with Crippen LogP contribution in [0.15, 0.2) is 47.0 Å². The van der Waals surface area contributed by atoms with Gasteiger partial charge < -0.3 is 24.7 Å². The lowest BCUT2D eigenvalue weighted by Gasteiger charge is -2.16. The normalized spacial score (nSPS) is 10.8. The topological polar surface area (TPSA) is 114 Å². The zero-order valence-electron chi connectivity index (χ0n) is 18.4. The van der Waals surface area contributed by atoms with Gasteiger partial charge >= 0.3 is 0 Å². The number of pyridine rings is 1. The number of rotatable bonds is 10. The lowest BCUT2D eigenvalue weighted by Crippen LogP contribution is -2.29.